The van der Waals surface area contributed by atoms with E-state index in [-0.39, 0.29) is 53.1 Å². The molecule has 0 unspecified atom stereocenters. The van der Waals surface area contributed by atoms with Gasteiger partial charge >= 0.3 is 0 Å². The van der Waals surface area contributed by atoms with Gasteiger partial charge in [-0.3, -0.25) is 0 Å². The predicted molar refractivity (Wildman–Crippen MR) is 381 cm³/mol. The largest absolute Gasteiger partial charge is 0.0636 e. The maximum atomic E-state index is 10.2. The Hall–Kier alpha value is -11.4. The molecular formula is C88H56. The third-order valence-corrected chi connectivity index (χ3v) is 15.7. The van der Waals surface area contributed by atoms with Crippen LogP contribution in [0.2, 0.25) is 0 Å². The first-order chi connectivity index (χ1) is 58.2. The van der Waals surface area contributed by atoms with Crippen molar-refractivity contribution in [1.29, 1.82) is 0 Å². The Morgan fingerprint density at radius 2 is 0.557 bits per heavy atom. The lowest BCUT2D eigenvalue weighted by Crippen LogP contribution is -1.92. The average Bonchev–Trinajstić information content (AvgIpc) is 0.660. The number of hydrogen-bond acceptors (Lipinski definition) is 0. The van der Waals surface area contributed by atoms with E-state index in [2.05, 4.69) is 0 Å². The molecule has 88 heavy (non-hydrogen) atoms. The number of rotatable bonds is 6. The van der Waals surface area contributed by atoms with Crippen molar-refractivity contribution in [1.82, 2.24) is 0 Å². The fraction of sp³-hybridized carbons (Fsp3) is 0. The molecule has 0 aliphatic heterocycles. The summed E-state index contributed by atoms with van der Waals surface area (Å²) in [6.45, 7) is 0. The lowest BCUT2D eigenvalue weighted by atomic mass is 9.84. The number of benzene rings is 18. The summed E-state index contributed by atoms with van der Waals surface area (Å²) in [6, 6.07) is 12.8. The van der Waals surface area contributed by atoms with Crippen molar-refractivity contribution in [3.05, 3.63) is 339 Å². The number of hydrogen-bond donors (Lipinski definition) is 0. The molecular weight excluding hydrogens is 1060 g/mol. The van der Waals surface area contributed by atoms with Gasteiger partial charge in [-0.05, 0) is 211 Å². The van der Waals surface area contributed by atoms with E-state index in [0.29, 0.717) is 44.2 Å². The first-order valence-electron chi connectivity index (χ1n) is 45.2. The third kappa shape index (κ3) is 8.76. The van der Waals surface area contributed by atoms with E-state index in [0.717, 1.165) is 32.3 Å². The molecule has 0 nitrogen and oxygen atoms in total. The average molecular weight is 1150 g/mol. The Labute approximate surface area is 560 Å². The standard InChI is InChI=1S/2C44H28/c2*1-3-13-32-26-35(22-20-29(32)10-1)43-39-17-7-8-18-40(39)44(36-23-21-30-11-2-4-14-33(30)27-36)42-28-34(24-25-41(42)43)38-19-9-15-31-12-5-6-16-37(31)38/h2*1-28H/i1D,2D,3D,4D,5D,6D,7D,8D,9D,10D,11D,12D,13D,14D,15D,16D,17D,18D,19D,20D,21D,22D,23D,24D,25D,26D,27D,28D;7D,8D,17D,18D,24D,25D,28D. The van der Waals surface area contributed by atoms with Crippen molar-refractivity contribution < 1.29 is 48.0 Å². The van der Waals surface area contributed by atoms with Crippen molar-refractivity contribution in [2.75, 3.05) is 0 Å². The molecule has 408 valence electrons. The summed E-state index contributed by atoms with van der Waals surface area (Å²) < 4.78 is 318. The molecule has 0 aliphatic rings. The summed E-state index contributed by atoms with van der Waals surface area (Å²) >= 11 is 0. The van der Waals surface area contributed by atoms with E-state index in [1.54, 1.807) is 0 Å². The van der Waals surface area contributed by atoms with Crippen LogP contribution >= 0.6 is 0 Å². The van der Waals surface area contributed by atoms with Crippen molar-refractivity contribution in [3.8, 4) is 66.8 Å². The van der Waals surface area contributed by atoms with Crippen molar-refractivity contribution >= 4 is 108 Å². The molecule has 0 bridgehead atoms. The smallest absolute Gasteiger partial charge is 0.0616 e. The SMILES string of the molecule is [2H]c1c([2H])c([2H])c2c(-c3ccc4ccccc4c3)c3c([2H])c(-c4cccc5ccccc45)c([2H])c([2H])c3c(-c3ccc4ccccc4c3)c2c1[2H].[2H]c1c([2H])c([2H])c2c([2H])c(-c3c4c([2H])c([2H])c([2H])c([2H])c4c(-c4c([2H])c([2H])c5c([2H])c([2H])c([2H])c([2H])c5c4[2H])c4c([2H])c(-c5c([2H])c([2H])c([2H])c6c([2H])c([2H])c([2H])c([2H])c56)c([2H])c([2H])c34)c([2H])c([2H])c2c1[2H]. The van der Waals surface area contributed by atoms with Gasteiger partial charge in [-0.15, -0.1) is 0 Å². The normalized spacial score (nSPS) is 17.2. The monoisotopic (exact) mass is 1150 g/mol. The molecule has 0 N–H and O–H groups in total. The van der Waals surface area contributed by atoms with Gasteiger partial charge in [0.15, 0.2) is 0 Å². The van der Waals surface area contributed by atoms with Crippen LogP contribution in [0, 0.1) is 0 Å². The second-order valence-corrected chi connectivity index (χ2v) is 20.7. The fourth-order valence-corrected chi connectivity index (χ4v) is 11.7. The Bertz CT molecular complexity index is 7980. The highest BCUT2D eigenvalue weighted by Gasteiger charge is 2.21. The lowest BCUT2D eigenvalue weighted by molar-refractivity contribution is 1.66. The quantitative estimate of drug-likeness (QED) is 0.146. The summed E-state index contributed by atoms with van der Waals surface area (Å²) in [6.07, 6.45) is 0. The first-order valence-corrected chi connectivity index (χ1v) is 27.7. The van der Waals surface area contributed by atoms with Gasteiger partial charge in [0.2, 0.25) is 0 Å². The first kappa shape index (κ1) is 26.9. The fourth-order valence-electron chi connectivity index (χ4n) is 11.7. The van der Waals surface area contributed by atoms with Crippen LogP contribution in [-0.4, -0.2) is 0 Å². The van der Waals surface area contributed by atoms with Crippen molar-refractivity contribution in [2.24, 2.45) is 0 Å². The molecule has 0 spiro atoms. The van der Waals surface area contributed by atoms with Gasteiger partial charge in [0.1, 0.15) is 0 Å². The minimum Gasteiger partial charge on any atom is -0.0616 e. The third-order valence-electron chi connectivity index (χ3n) is 15.7. The van der Waals surface area contributed by atoms with Crippen LogP contribution in [0.15, 0.2) is 339 Å². The zero-order chi connectivity index (χ0) is 88.5. The molecule has 0 radical (unpaired) electrons. The van der Waals surface area contributed by atoms with E-state index < -0.39 is 256 Å². The topological polar surface area (TPSA) is 0 Å². The summed E-state index contributed by atoms with van der Waals surface area (Å²) in [5, 5.41) is -0.344. The Morgan fingerprint density at radius 1 is 0.170 bits per heavy atom. The molecule has 0 amide bonds. The minimum atomic E-state index is -1.12. The van der Waals surface area contributed by atoms with E-state index in [1.807, 2.05) is 127 Å². The predicted octanol–water partition coefficient (Wildman–Crippen LogP) is 24.9. The van der Waals surface area contributed by atoms with Crippen LogP contribution < -0.4 is 0 Å². The molecule has 0 saturated heterocycles. The number of fused-ring (bicyclic) bond motifs is 10. The van der Waals surface area contributed by atoms with Gasteiger partial charge in [-0.1, -0.05) is 303 Å². The molecule has 0 aromatic heterocycles. The maximum Gasteiger partial charge on any atom is 0.0636 e. The summed E-state index contributed by atoms with van der Waals surface area (Å²) in [7, 11) is 0. The second-order valence-electron chi connectivity index (χ2n) is 20.7. The summed E-state index contributed by atoms with van der Waals surface area (Å²) in [5.41, 5.74) is -1.89. The summed E-state index contributed by atoms with van der Waals surface area (Å²) in [4.78, 5) is 0. The van der Waals surface area contributed by atoms with Crippen LogP contribution in [-0.2, 0) is 0 Å². The highest BCUT2D eigenvalue weighted by molar-refractivity contribution is 6.25. The van der Waals surface area contributed by atoms with E-state index in [9.17, 15) is 21.9 Å². The molecule has 0 heteroatoms. The van der Waals surface area contributed by atoms with E-state index in [4.69, 9.17) is 26.0 Å². The molecule has 18 aromatic carbocycles. The van der Waals surface area contributed by atoms with Gasteiger partial charge < -0.3 is 0 Å². The van der Waals surface area contributed by atoms with Crippen molar-refractivity contribution in [2.45, 2.75) is 0 Å². The van der Waals surface area contributed by atoms with Gasteiger partial charge in [0.05, 0.1) is 48.0 Å². The van der Waals surface area contributed by atoms with Gasteiger partial charge in [0, 0.05) is 0 Å². The molecule has 18 aromatic rings. The minimum absolute atomic E-state index is 0.0295. The highest BCUT2D eigenvalue weighted by atomic mass is 14.2. The van der Waals surface area contributed by atoms with Crippen molar-refractivity contribution in [3.63, 3.8) is 0 Å². The van der Waals surface area contributed by atoms with Gasteiger partial charge in [-0.2, -0.15) is 0 Å². The molecule has 0 saturated carbocycles. The van der Waals surface area contributed by atoms with E-state index >= 15 is 0 Å². The van der Waals surface area contributed by atoms with Gasteiger partial charge in [-0.25, -0.2) is 0 Å². The van der Waals surface area contributed by atoms with Crippen LogP contribution in [0.3, 0.4) is 0 Å². The Balaban J connectivity index is 0.000000184. The van der Waals surface area contributed by atoms with Gasteiger partial charge in [0.25, 0.3) is 0 Å². The zero-order valence-electron chi connectivity index (χ0n) is 80.6. The molecule has 0 heterocycles. The van der Waals surface area contributed by atoms with Crippen LogP contribution in [0.1, 0.15) is 48.0 Å². The Kier molecular flexibility index (Phi) is 6.49. The van der Waals surface area contributed by atoms with Crippen LogP contribution in [0.25, 0.3) is 174 Å². The van der Waals surface area contributed by atoms with Crippen LogP contribution in [0.4, 0.5) is 0 Å². The zero-order valence-corrected chi connectivity index (χ0v) is 45.6. The molecule has 0 fully saturated rings. The molecule has 18 rings (SSSR count). The molecule has 0 atom stereocenters. The second kappa shape index (κ2) is 21.3. The maximum absolute atomic E-state index is 10.2. The lowest BCUT2D eigenvalue weighted by Gasteiger charge is -2.19. The van der Waals surface area contributed by atoms with E-state index in [1.165, 1.54) is 0 Å². The summed E-state index contributed by atoms with van der Waals surface area (Å²) in [5.74, 6) is 0. The van der Waals surface area contributed by atoms with Crippen LogP contribution in [0.5, 0.6) is 0 Å². The Morgan fingerprint density at radius 3 is 1.11 bits per heavy atom. The molecule has 0 aliphatic carbocycles. The highest BCUT2D eigenvalue weighted by Crippen LogP contribution is 2.49.